The average molecular weight is 341 g/mol. The SMILES string of the molecule is CCSc1ccc(C(Cc2ccc(Cl)cc2Cl)NN)cc1. The first-order valence-corrected chi connectivity index (χ1v) is 8.51. The van der Waals surface area contributed by atoms with Gasteiger partial charge in [-0.3, -0.25) is 11.3 Å². The molecule has 0 aliphatic heterocycles. The Labute approximate surface area is 140 Å². The molecule has 2 rings (SSSR count). The highest BCUT2D eigenvalue weighted by atomic mass is 35.5. The highest BCUT2D eigenvalue weighted by Crippen LogP contribution is 2.27. The molecular formula is C16H18Cl2N2S. The van der Waals surface area contributed by atoms with Gasteiger partial charge in [0, 0.05) is 14.9 Å². The third-order valence-corrected chi connectivity index (χ3v) is 4.71. The van der Waals surface area contributed by atoms with Crippen LogP contribution in [-0.4, -0.2) is 5.75 Å². The molecule has 0 aliphatic rings. The summed E-state index contributed by atoms with van der Waals surface area (Å²) in [4.78, 5) is 1.27. The summed E-state index contributed by atoms with van der Waals surface area (Å²) in [6.07, 6.45) is 0.715. The highest BCUT2D eigenvalue weighted by Gasteiger charge is 2.13. The maximum atomic E-state index is 6.23. The van der Waals surface area contributed by atoms with Crippen molar-refractivity contribution in [2.24, 2.45) is 5.84 Å². The summed E-state index contributed by atoms with van der Waals surface area (Å²) in [6.45, 7) is 2.14. The Morgan fingerprint density at radius 1 is 1.14 bits per heavy atom. The van der Waals surface area contributed by atoms with Gasteiger partial charge in [-0.15, -0.1) is 11.8 Å². The van der Waals surface area contributed by atoms with E-state index in [-0.39, 0.29) is 6.04 Å². The molecule has 0 saturated carbocycles. The molecule has 0 saturated heterocycles. The molecule has 2 aromatic rings. The minimum absolute atomic E-state index is 0.0179. The number of halogens is 2. The first-order chi connectivity index (χ1) is 10.1. The Kier molecular flexibility index (Phi) is 6.40. The van der Waals surface area contributed by atoms with Crippen molar-refractivity contribution in [3.8, 4) is 0 Å². The standard InChI is InChI=1S/C16H18Cl2N2S/c1-2-21-14-7-4-11(5-8-14)16(20-19)9-12-3-6-13(17)10-15(12)18/h3-8,10,16,20H,2,9,19H2,1H3. The predicted molar refractivity (Wildman–Crippen MR) is 93.1 cm³/mol. The highest BCUT2D eigenvalue weighted by molar-refractivity contribution is 7.99. The molecule has 2 aromatic carbocycles. The number of hydrazine groups is 1. The monoisotopic (exact) mass is 340 g/mol. The van der Waals surface area contributed by atoms with Gasteiger partial charge in [0.1, 0.15) is 0 Å². The summed E-state index contributed by atoms with van der Waals surface area (Å²) < 4.78 is 0. The van der Waals surface area contributed by atoms with E-state index >= 15 is 0 Å². The Morgan fingerprint density at radius 3 is 2.43 bits per heavy atom. The zero-order chi connectivity index (χ0) is 15.2. The van der Waals surface area contributed by atoms with Gasteiger partial charge < -0.3 is 0 Å². The summed E-state index contributed by atoms with van der Waals surface area (Å²) in [5.41, 5.74) is 5.03. The van der Waals surface area contributed by atoms with Gasteiger partial charge in [-0.1, -0.05) is 48.3 Å². The summed E-state index contributed by atoms with van der Waals surface area (Å²) in [5.74, 6) is 6.77. The smallest absolute Gasteiger partial charge is 0.0500 e. The second-order valence-corrected chi connectivity index (χ2v) is 6.84. The van der Waals surface area contributed by atoms with Crippen molar-refractivity contribution in [1.29, 1.82) is 0 Å². The van der Waals surface area contributed by atoms with Gasteiger partial charge in [-0.2, -0.15) is 0 Å². The average Bonchev–Trinajstić information content (AvgIpc) is 2.48. The Bertz CT molecular complexity index is 587. The molecule has 0 aromatic heterocycles. The molecule has 0 heterocycles. The van der Waals surface area contributed by atoms with Gasteiger partial charge in [0.25, 0.3) is 0 Å². The molecule has 1 unspecified atom stereocenters. The molecule has 3 N–H and O–H groups in total. The molecule has 0 bridgehead atoms. The lowest BCUT2D eigenvalue weighted by molar-refractivity contribution is 0.552. The van der Waals surface area contributed by atoms with E-state index in [1.54, 1.807) is 6.07 Å². The number of nitrogens with two attached hydrogens (primary N) is 1. The maximum absolute atomic E-state index is 6.23. The van der Waals surface area contributed by atoms with Gasteiger partial charge in [-0.05, 0) is 47.6 Å². The van der Waals surface area contributed by atoms with E-state index in [0.29, 0.717) is 16.5 Å². The van der Waals surface area contributed by atoms with Crippen molar-refractivity contribution >= 4 is 35.0 Å². The summed E-state index contributed by atoms with van der Waals surface area (Å²) in [5, 5.41) is 1.31. The molecule has 0 aliphatic carbocycles. The molecule has 1 atom stereocenters. The lowest BCUT2D eigenvalue weighted by atomic mass is 9.99. The van der Waals surface area contributed by atoms with Crippen molar-refractivity contribution < 1.29 is 0 Å². The number of hydrogen-bond acceptors (Lipinski definition) is 3. The van der Waals surface area contributed by atoms with E-state index in [9.17, 15) is 0 Å². The van der Waals surface area contributed by atoms with Crippen molar-refractivity contribution in [3.05, 3.63) is 63.6 Å². The van der Waals surface area contributed by atoms with Gasteiger partial charge in [0.15, 0.2) is 0 Å². The van der Waals surface area contributed by atoms with Crippen LogP contribution in [0.5, 0.6) is 0 Å². The normalized spacial score (nSPS) is 12.4. The minimum Gasteiger partial charge on any atom is -0.271 e. The van der Waals surface area contributed by atoms with Crippen molar-refractivity contribution in [2.75, 3.05) is 5.75 Å². The Morgan fingerprint density at radius 2 is 1.86 bits per heavy atom. The van der Waals surface area contributed by atoms with Gasteiger partial charge in [0.2, 0.25) is 0 Å². The number of hydrogen-bond donors (Lipinski definition) is 2. The van der Waals surface area contributed by atoms with Crippen LogP contribution >= 0.6 is 35.0 Å². The van der Waals surface area contributed by atoms with E-state index < -0.39 is 0 Å². The van der Waals surface area contributed by atoms with Crippen LogP contribution in [0.25, 0.3) is 0 Å². The first kappa shape index (κ1) is 16.7. The fourth-order valence-electron chi connectivity index (χ4n) is 2.14. The first-order valence-electron chi connectivity index (χ1n) is 6.77. The molecule has 0 spiro atoms. The van der Waals surface area contributed by atoms with Crippen LogP contribution in [0.1, 0.15) is 24.1 Å². The van der Waals surface area contributed by atoms with Crippen LogP contribution in [0.4, 0.5) is 0 Å². The second-order valence-electron chi connectivity index (χ2n) is 4.66. The minimum atomic E-state index is 0.0179. The number of thioether (sulfide) groups is 1. The van der Waals surface area contributed by atoms with Gasteiger partial charge in [-0.25, -0.2) is 0 Å². The van der Waals surface area contributed by atoms with Crippen LogP contribution in [0, 0.1) is 0 Å². The second kappa shape index (κ2) is 8.06. The quantitative estimate of drug-likeness (QED) is 0.448. The number of benzene rings is 2. The van der Waals surface area contributed by atoms with Crippen LogP contribution in [0.15, 0.2) is 47.4 Å². The van der Waals surface area contributed by atoms with E-state index in [1.165, 1.54) is 4.90 Å². The summed E-state index contributed by atoms with van der Waals surface area (Å²) >= 11 is 14.0. The van der Waals surface area contributed by atoms with Crippen molar-refractivity contribution in [3.63, 3.8) is 0 Å². The molecule has 0 amide bonds. The van der Waals surface area contributed by atoms with E-state index in [2.05, 4.69) is 36.6 Å². The topological polar surface area (TPSA) is 38.0 Å². The third kappa shape index (κ3) is 4.63. The van der Waals surface area contributed by atoms with Gasteiger partial charge >= 0.3 is 0 Å². The van der Waals surface area contributed by atoms with E-state index in [1.807, 2.05) is 23.9 Å². The zero-order valence-electron chi connectivity index (χ0n) is 11.8. The number of nitrogens with one attached hydrogen (secondary N) is 1. The molecular weight excluding hydrogens is 323 g/mol. The van der Waals surface area contributed by atoms with Gasteiger partial charge in [0.05, 0.1) is 6.04 Å². The summed E-state index contributed by atoms with van der Waals surface area (Å²) in [7, 11) is 0. The third-order valence-electron chi connectivity index (χ3n) is 3.23. The molecule has 0 fully saturated rings. The van der Waals surface area contributed by atoms with Crippen LogP contribution in [-0.2, 0) is 6.42 Å². The van der Waals surface area contributed by atoms with E-state index in [0.717, 1.165) is 16.9 Å². The Balaban J connectivity index is 2.15. The lowest BCUT2D eigenvalue weighted by Gasteiger charge is -2.17. The molecule has 112 valence electrons. The maximum Gasteiger partial charge on any atom is 0.0500 e. The Hall–Kier alpha value is -0.710. The molecule has 21 heavy (non-hydrogen) atoms. The van der Waals surface area contributed by atoms with Crippen LogP contribution < -0.4 is 11.3 Å². The molecule has 0 radical (unpaired) electrons. The number of rotatable bonds is 6. The zero-order valence-corrected chi connectivity index (χ0v) is 14.1. The van der Waals surface area contributed by atoms with E-state index in [4.69, 9.17) is 29.0 Å². The fourth-order valence-corrected chi connectivity index (χ4v) is 3.29. The molecule has 2 nitrogen and oxygen atoms in total. The van der Waals surface area contributed by atoms with Crippen molar-refractivity contribution in [2.45, 2.75) is 24.3 Å². The van der Waals surface area contributed by atoms with Crippen molar-refractivity contribution in [1.82, 2.24) is 5.43 Å². The largest absolute Gasteiger partial charge is 0.271 e. The lowest BCUT2D eigenvalue weighted by Crippen LogP contribution is -2.29. The fraction of sp³-hybridized carbons (Fsp3) is 0.250. The van der Waals surface area contributed by atoms with Crippen LogP contribution in [0.3, 0.4) is 0 Å². The predicted octanol–water partition coefficient (Wildman–Crippen LogP) is 4.85. The molecule has 5 heteroatoms. The summed E-state index contributed by atoms with van der Waals surface area (Å²) in [6, 6.07) is 14.0. The van der Waals surface area contributed by atoms with Crippen LogP contribution in [0.2, 0.25) is 10.0 Å².